The topological polar surface area (TPSA) is 35.2 Å². The average molecular weight is 247 g/mol. The maximum atomic E-state index is 5.90. The molecule has 0 atom stereocenters. The predicted octanol–water partition coefficient (Wildman–Crippen LogP) is 3.41. The number of methoxy groups -OCH3 is 1. The Labute approximate surface area is 111 Å². The fourth-order valence-electron chi connectivity index (χ4n) is 2.60. The number of ether oxygens (including phenoxy) is 1. The maximum Gasteiger partial charge on any atom is 0.122 e. The van der Waals surface area contributed by atoms with Gasteiger partial charge in [0.15, 0.2) is 0 Å². The predicted molar refractivity (Wildman–Crippen MR) is 76.2 cm³/mol. The second-order valence-electron chi connectivity index (χ2n) is 6.06. The Hall–Kier alpha value is -1.02. The summed E-state index contributed by atoms with van der Waals surface area (Å²) in [6.45, 7) is 7.42. The molecule has 0 bridgehead atoms. The van der Waals surface area contributed by atoms with Crippen LogP contribution >= 0.6 is 0 Å². The standard InChI is InChI=1S/C16H25NO/c1-11(2)14-8-13(9-16(10-17)5-6-16)12(3)7-15(14)18-4/h7-8,11H,5-6,9-10,17H2,1-4H3. The van der Waals surface area contributed by atoms with Crippen LogP contribution in [-0.2, 0) is 6.42 Å². The number of benzene rings is 1. The van der Waals surface area contributed by atoms with Crippen LogP contribution in [0.5, 0.6) is 5.75 Å². The molecule has 0 saturated heterocycles. The van der Waals surface area contributed by atoms with Gasteiger partial charge in [0.2, 0.25) is 0 Å². The van der Waals surface area contributed by atoms with Crippen molar-refractivity contribution in [3.63, 3.8) is 0 Å². The molecule has 100 valence electrons. The summed E-state index contributed by atoms with van der Waals surface area (Å²) in [5.74, 6) is 1.51. The van der Waals surface area contributed by atoms with Crippen molar-refractivity contribution in [1.82, 2.24) is 0 Å². The summed E-state index contributed by atoms with van der Waals surface area (Å²) in [7, 11) is 1.75. The van der Waals surface area contributed by atoms with E-state index in [1.54, 1.807) is 7.11 Å². The molecule has 18 heavy (non-hydrogen) atoms. The van der Waals surface area contributed by atoms with Gasteiger partial charge in [-0.1, -0.05) is 19.9 Å². The third kappa shape index (κ3) is 2.54. The third-order valence-electron chi connectivity index (χ3n) is 4.27. The van der Waals surface area contributed by atoms with Crippen LogP contribution < -0.4 is 10.5 Å². The number of rotatable bonds is 5. The van der Waals surface area contributed by atoms with Crippen LogP contribution in [0.1, 0.15) is 49.3 Å². The van der Waals surface area contributed by atoms with Crippen LogP contribution in [0.15, 0.2) is 12.1 Å². The Morgan fingerprint density at radius 2 is 2.00 bits per heavy atom. The lowest BCUT2D eigenvalue weighted by Crippen LogP contribution is -2.18. The first-order valence-corrected chi connectivity index (χ1v) is 6.89. The molecule has 0 amide bonds. The van der Waals surface area contributed by atoms with Gasteiger partial charge in [-0.25, -0.2) is 0 Å². The van der Waals surface area contributed by atoms with E-state index < -0.39 is 0 Å². The molecule has 2 N–H and O–H groups in total. The molecule has 1 saturated carbocycles. The Kier molecular flexibility index (Phi) is 3.67. The van der Waals surface area contributed by atoms with Crippen molar-refractivity contribution in [3.05, 3.63) is 28.8 Å². The van der Waals surface area contributed by atoms with Crippen LogP contribution in [0, 0.1) is 12.3 Å². The van der Waals surface area contributed by atoms with E-state index >= 15 is 0 Å². The molecule has 1 aliphatic rings. The van der Waals surface area contributed by atoms with Crippen molar-refractivity contribution in [2.24, 2.45) is 11.1 Å². The molecular weight excluding hydrogens is 222 g/mol. The zero-order valence-corrected chi connectivity index (χ0v) is 12.0. The highest BCUT2D eigenvalue weighted by atomic mass is 16.5. The fourth-order valence-corrected chi connectivity index (χ4v) is 2.60. The lowest BCUT2D eigenvalue weighted by atomic mass is 9.89. The smallest absolute Gasteiger partial charge is 0.122 e. The zero-order chi connectivity index (χ0) is 13.3. The molecule has 0 aliphatic heterocycles. The molecule has 0 aromatic heterocycles. The lowest BCUT2D eigenvalue weighted by Gasteiger charge is -2.19. The van der Waals surface area contributed by atoms with E-state index in [-0.39, 0.29) is 0 Å². The lowest BCUT2D eigenvalue weighted by molar-refractivity contribution is 0.406. The van der Waals surface area contributed by atoms with Crippen molar-refractivity contribution in [3.8, 4) is 5.75 Å². The first kappa shape index (κ1) is 13.4. The van der Waals surface area contributed by atoms with Gasteiger partial charge in [-0.15, -0.1) is 0 Å². The molecular formula is C16H25NO. The molecule has 1 aromatic carbocycles. The summed E-state index contributed by atoms with van der Waals surface area (Å²) in [5.41, 5.74) is 10.4. The van der Waals surface area contributed by atoms with Crippen LogP contribution in [0.25, 0.3) is 0 Å². The monoisotopic (exact) mass is 247 g/mol. The SMILES string of the molecule is COc1cc(C)c(CC2(CN)CC2)cc1C(C)C. The van der Waals surface area contributed by atoms with E-state index in [0.717, 1.165) is 18.7 Å². The normalized spacial score (nSPS) is 17.0. The van der Waals surface area contributed by atoms with Gasteiger partial charge in [0.05, 0.1) is 7.11 Å². The van der Waals surface area contributed by atoms with Crippen molar-refractivity contribution >= 4 is 0 Å². The van der Waals surface area contributed by atoms with Crippen LogP contribution in [0.3, 0.4) is 0 Å². The summed E-state index contributed by atoms with van der Waals surface area (Å²) in [6.07, 6.45) is 3.69. The maximum absolute atomic E-state index is 5.90. The first-order valence-electron chi connectivity index (χ1n) is 6.89. The highest BCUT2D eigenvalue weighted by Gasteiger charge is 2.41. The molecule has 2 heteroatoms. The van der Waals surface area contributed by atoms with Gasteiger partial charge >= 0.3 is 0 Å². The summed E-state index contributed by atoms with van der Waals surface area (Å²) in [5, 5.41) is 0. The number of nitrogens with two attached hydrogens (primary N) is 1. The minimum absolute atomic E-state index is 0.396. The van der Waals surface area contributed by atoms with Gasteiger partial charge in [-0.2, -0.15) is 0 Å². The molecule has 0 heterocycles. The average Bonchev–Trinajstić information content (AvgIpc) is 3.11. The van der Waals surface area contributed by atoms with E-state index in [0.29, 0.717) is 11.3 Å². The largest absolute Gasteiger partial charge is 0.496 e. The van der Waals surface area contributed by atoms with Crippen molar-refractivity contribution in [1.29, 1.82) is 0 Å². The summed E-state index contributed by atoms with van der Waals surface area (Å²) >= 11 is 0. The van der Waals surface area contributed by atoms with Crippen molar-refractivity contribution in [2.75, 3.05) is 13.7 Å². The third-order valence-corrected chi connectivity index (χ3v) is 4.27. The summed E-state index contributed by atoms with van der Waals surface area (Å²) in [4.78, 5) is 0. The zero-order valence-electron chi connectivity index (χ0n) is 12.0. The van der Waals surface area contributed by atoms with Gasteiger partial charge in [0.1, 0.15) is 5.75 Å². The molecule has 1 aliphatic carbocycles. The molecule has 2 rings (SSSR count). The molecule has 2 nitrogen and oxygen atoms in total. The quantitative estimate of drug-likeness (QED) is 0.865. The highest BCUT2D eigenvalue weighted by molar-refractivity contribution is 5.44. The molecule has 0 spiro atoms. The second-order valence-corrected chi connectivity index (χ2v) is 6.06. The summed E-state index contributed by atoms with van der Waals surface area (Å²) < 4.78 is 5.49. The number of aryl methyl sites for hydroxylation is 1. The van der Waals surface area contributed by atoms with Gasteiger partial charge in [0, 0.05) is 0 Å². The molecule has 1 aromatic rings. The Balaban J connectivity index is 2.33. The van der Waals surface area contributed by atoms with Crippen molar-refractivity contribution < 1.29 is 4.74 Å². The number of hydrogen-bond donors (Lipinski definition) is 1. The Morgan fingerprint density at radius 1 is 1.33 bits per heavy atom. The molecule has 0 radical (unpaired) electrons. The minimum Gasteiger partial charge on any atom is -0.496 e. The Bertz CT molecular complexity index is 433. The molecule has 0 unspecified atom stereocenters. The van der Waals surface area contributed by atoms with Crippen LogP contribution in [0.4, 0.5) is 0 Å². The van der Waals surface area contributed by atoms with E-state index in [2.05, 4.69) is 32.9 Å². The van der Waals surface area contributed by atoms with E-state index in [9.17, 15) is 0 Å². The number of hydrogen-bond acceptors (Lipinski definition) is 2. The molecule has 1 fully saturated rings. The van der Waals surface area contributed by atoms with E-state index in [1.807, 2.05) is 0 Å². The van der Waals surface area contributed by atoms with Gasteiger partial charge in [-0.05, 0) is 66.8 Å². The van der Waals surface area contributed by atoms with E-state index in [1.165, 1.54) is 29.5 Å². The van der Waals surface area contributed by atoms with Gasteiger partial charge in [0.25, 0.3) is 0 Å². The first-order chi connectivity index (χ1) is 8.51. The minimum atomic E-state index is 0.396. The van der Waals surface area contributed by atoms with Gasteiger partial charge < -0.3 is 10.5 Å². The summed E-state index contributed by atoms with van der Waals surface area (Å²) in [6, 6.07) is 4.51. The highest BCUT2D eigenvalue weighted by Crippen LogP contribution is 2.48. The Morgan fingerprint density at radius 3 is 2.44 bits per heavy atom. The van der Waals surface area contributed by atoms with E-state index in [4.69, 9.17) is 10.5 Å². The van der Waals surface area contributed by atoms with Crippen LogP contribution in [0.2, 0.25) is 0 Å². The van der Waals surface area contributed by atoms with Crippen LogP contribution in [-0.4, -0.2) is 13.7 Å². The van der Waals surface area contributed by atoms with Crippen molar-refractivity contribution in [2.45, 2.75) is 46.0 Å². The fraction of sp³-hybridized carbons (Fsp3) is 0.625. The van der Waals surface area contributed by atoms with Gasteiger partial charge in [-0.3, -0.25) is 0 Å². The second kappa shape index (κ2) is 4.93.